The maximum Gasteiger partial charge on any atom is 0.246 e. The fourth-order valence-corrected chi connectivity index (χ4v) is 3.70. The number of likely N-dealkylation sites (N-methyl/N-ethyl adjacent to an activating group) is 1. The van der Waals surface area contributed by atoms with E-state index in [0.29, 0.717) is 19.5 Å². The van der Waals surface area contributed by atoms with Gasteiger partial charge < -0.3 is 10.0 Å². The Morgan fingerprint density at radius 1 is 1.61 bits per heavy atom. The Labute approximate surface area is 106 Å². The van der Waals surface area contributed by atoms with E-state index >= 15 is 0 Å². The molecule has 18 heavy (non-hydrogen) atoms. The van der Waals surface area contributed by atoms with Crippen LogP contribution in [0.15, 0.2) is 17.3 Å². The van der Waals surface area contributed by atoms with E-state index in [1.807, 2.05) is 19.0 Å². The standard InChI is InChI=1S/C10H18N4O3S/c1-13(2)7-10(15)3-4-14(8-10)18(16,17)9-5-11-12-6-9/h5-6,15H,3-4,7-8H2,1-2H3,(H,11,12)/t10-/m0/s1. The van der Waals surface area contributed by atoms with E-state index < -0.39 is 15.6 Å². The first-order valence-corrected chi connectivity index (χ1v) is 7.14. The Bertz CT molecular complexity index is 499. The predicted octanol–water partition coefficient (Wildman–Crippen LogP) is -0.903. The van der Waals surface area contributed by atoms with Gasteiger partial charge in [-0.3, -0.25) is 5.10 Å². The van der Waals surface area contributed by atoms with Crippen molar-refractivity contribution >= 4 is 10.0 Å². The molecule has 0 aromatic carbocycles. The van der Waals surface area contributed by atoms with Crippen LogP contribution in [0.2, 0.25) is 0 Å². The Kier molecular flexibility index (Phi) is 3.45. The molecule has 0 spiro atoms. The van der Waals surface area contributed by atoms with Gasteiger partial charge in [-0.05, 0) is 20.5 Å². The van der Waals surface area contributed by atoms with E-state index in [4.69, 9.17) is 0 Å². The van der Waals surface area contributed by atoms with E-state index in [9.17, 15) is 13.5 Å². The van der Waals surface area contributed by atoms with Crippen molar-refractivity contribution in [3.8, 4) is 0 Å². The third kappa shape index (κ3) is 2.56. The number of aromatic amines is 1. The Morgan fingerprint density at radius 3 is 2.89 bits per heavy atom. The summed E-state index contributed by atoms with van der Waals surface area (Å²) in [6.45, 7) is 0.904. The average molecular weight is 274 g/mol. The second kappa shape index (κ2) is 4.61. The minimum absolute atomic E-state index is 0.124. The van der Waals surface area contributed by atoms with Crippen LogP contribution >= 0.6 is 0 Å². The first-order chi connectivity index (χ1) is 8.33. The van der Waals surface area contributed by atoms with Crippen molar-refractivity contribution in [1.82, 2.24) is 19.4 Å². The van der Waals surface area contributed by atoms with Crippen molar-refractivity contribution in [1.29, 1.82) is 0 Å². The summed E-state index contributed by atoms with van der Waals surface area (Å²) in [5.41, 5.74) is -0.972. The highest BCUT2D eigenvalue weighted by molar-refractivity contribution is 7.89. The van der Waals surface area contributed by atoms with Crippen molar-refractivity contribution in [3.63, 3.8) is 0 Å². The minimum Gasteiger partial charge on any atom is -0.387 e. The lowest BCUT2D eigenvalue weighted by molar-refractivity contribution is 0.0302. The largest absolute Gasteiger partial charge is 0.387 e. The summed E-state index contributed by atoms with van der Waals surface area (Å²) in [5, 5.41) is 16.5. The molecule has 1 saturated heterocycles. The predicted molar refractivity (Wildman–Crippen MR) is 65.5 cm³/mol. The number of rotatable bonds is 4. The lowest BCUT2D eigenvalue weighted by atomic mass is 10.0. The van der Waals surface area contributed by atoms with Crippen LogP contribution in [0.3, 0.4) is 0 Å². The van der Waals surface area contributed by atoms with Crippen LogP contribution in [-0.4, -0.2) is 72.3 Å². The van der Waals surface area contributed by atoms with Gasteiger partial charge in [-0.25, -0.2) is 8.42 Å². The molecule has 1 aliphatic rings. The van der Waals surface area contributed by atoms with Gasteiger partial charge in [-0.15, -0.1) is 0 Å². The maximum atomic E-state index is 12.2. The second-order valence-electron chi connectivity index (χ2n) is 4.98. The van der Waals surface area contributed by atoms with Crippen LogP contribution in [-0.2, 0) is 10.0 Å². The number of aromatic nitrogens is 2. The number of nitrogens with one attached hydrogen (secondary N) is 1. The molecule has 0 aliphatic carbocycles. The molecular weight excluding hydrogens is 256 g/mol. The average Bonchev–Trinajstić information content (AvgIpc) is 2.85. The third-order valence-electron chi connectivity index (χ3n) is 3.02. The second-order valence-corrected chi connectivity index (χ2v) is 6.92. The van der Waals surface area contributed by atoms with Crippen LogP contribution in [0.5, 0.6) is 0 Å². The minimum atomic E-state index is -3.54. The number of nitrogens with zero attached hydrogens (tertiary/aromatic N) is 3. The van der Waals surface area contributed by atoms with Gasteiger partial charge in [0.2, 0.25) is 10.0 Å². The molecule has 8 heteroatoms. The van der Waals surface area contributed by atoms with Gasteiger partial charge in [0, 0.05) is 25.8 Å². The SMILES string of the molecule is CN(C)C[C@@]1(O)CCN(S(=O)(=O)c2cn[nH]c2)C1. The van der Waals surface area contributed by atoms with Crippen molar-refractivity contribution < 1.29 is 13.5 Å². The molecule has 1 aromatic rings. The number of aliphatic hydroxyl groups is 1. The van der Waals surface area contributed by atoms with E-state index in [1.54, 1.807) is 0 Å². The van der Waals surface area contributed by atoms with Gasteiger partial charge in [0.15, 0.2) is 0 Å². The molecule has 1 aromatic heterocycles. The number of sulfonamides is 1. The maximum absolute atomic E-state index is 12.2. The van der Waals surface area contributed by atoms with E-state index in [0.717, 1.165) is 0 Å². The van der Waals surface area contributed by atoms with Crippen LogP contribution in [0, 0.1) is 0 Å². The van der Waals surface area contributed by atoms with E-state index in [1.165, 1.54) is 16.7 Å². The molecule has 1 aliphatic heterocycles. The van der Waals surface area contributed by atoms with Gasteiger partial charge >= 0.3 is 0 Å². The summed E-state index contributed by atoms with van der Waals surface area (Å²) in [7, 11) is 0.164. The molecule has 7 nitrogen and oxygen atoms in total. The van der Waals surface area contributed by atoms with Crippen LogP contribution < -0.4 is 0 Å². The Morgan fingerprint density at radius 2 is 2.33 bits per heavy atom. The van der Waals surface area contributed by atoms with E-state index in [2.05, 4.69) is 10.2 Å². The highest BCUT2D eigenvalue weighted by atomic mass is 32.2. The lowest BCUT2D eigenvalue weighted by Gasteiger charge is -2.26. The molecule has 102 valence electrons. The van der Waals surface area contributed by atoms with Gasteiger partial charge in [-0.2, -0.15) is 9.40 Å². The quantitative estimate of drug-likeness (QED) is 0.742. The summed E-state index contributed by atoms with van der Waals surface area (Å²) >= 11 is 0. The van der Waals surface area contributed by atoms with Gasteiger partial charge in [0.25, 0.3) is 0 Å². The van der Waals surface area contributed by atoms with Crippen LogP contribution in [0.1, 0.15) is 6.42 Å². The number of hydrogen-bond acceptors (Lipinski definition) is 5. The summed E-state index contributed by atoms with van der Waals surface area (Å²) < 4.78 is 25.7. The molecule has 2 N–H and O–H groups in total. The summed E-state index contributed by atoms with van der Waals surface area (Å²) in [5.74, 6) is 0. The van der Waals surface area contributed by atoms with Gasteiger partial charge in [0.05, 0.1) is 11.8 Å². The topological polar surface area (TPSA) is 89.5 Å². The smallest absolute Gasteiger partial charge is 0.246 e. The number of H-pyrrole nitrogens is 1. The van der Waals surface area contributed by atoms with Crippen LogP contribution in [0.4, 0.5) is 0 Å². The molecule has 0 amide bonds. The molecular formula is C10H18N4O3S. The molecule has 0 saturated carbocycles. The third-order valence-corrected chi connectivity index (χ3v) is 4.83. The fraction of sp³-hybridized carbons (Fsp3) is 0.700. The van der Waals surface area contributed by atoms with Crippen molar-refractivity contribution in [3.05, 3.63) is 12.4 Å². The van der Waals surface area contributed by atoms with Gasteiger partial charge in [-0.1, -0.05) is 0 Å². The monoisotopic (exact) mass is 274 g/mol. The normalized spacial score (nSPS) is 26.0. The zero-order valence-electron chi connectivity index (χ0n) is 10.5. The zero-order valence-corrected chi connectivity index (χ0v) is 11.3. The van der Waals surface area contributed by atoms with Crippen molar-refractivity contribution in [2.24, 2.45) is 0 Å². The lowest BCUT2D eigenvalue weighted by Crippen LogP contribution is -2.43. The molecule has 0 radical (unpaired) electrons. The highest BCUT2D eigenvalue weighted by Crippen LogP contribution is 2.27. The summed E-state index contributed by atoms with van der Waals surface area (Å²) in [6.07, 6.45) is 3.07. The number of β-amino-alcohol motifs (C(OH)–C–C–N with tert-alkyl or cyclic N) is 1. The molecule has 0 bridgehead atoms. The summed E-state index contributed by atoms with van der Waals surface area (Å²) in [4.78, 5) is 1.99. The molecule has 2 heterocycles. The van der Waals surface area contributed by atoms with Gasteiger partial charge in [0.1, 0.15) is 4.90 Å². The van der Waals surface area contributed by atoms with Crippen molar-refractivity contribution in [2.45, 2.75) is 16.9 Å². The summed E-state index contributed by atoms with van der Waals surface area (Å²) in [6, 6.07) is 0. The molecule has 0 unspecified atom stereocenters. The fourth-order valence-electron chi connectivity index (χ4n) is 2.27. The highest BCUT2D eigenvalue weighted by Gasteiger charge is 2.42. The number of hydrogen-bond donors (Lipinski definition) is 2. The first-order valence-electron chi connectivity index (χ1n) is 5.70. The zero-order chi connectivity index (χ0) is 13.4. The van der Waals surface area contributed by atoms with E-state index in [-0.39, 0.29) is 11.4 Å². The Hall–Kier alpha value is -0.960. The first kappa shape index (κ1) is 13.5. The molecule has 2 rings (SSSR count). The molecule has 1 fully saturated rings. The Balaban J connectivity index is 2.14. The van der Waals surface area contributed by atoms with Crippen molar-refractivity contribution in [2.75, 3.05) is 33.7 Å². The molecule has 1 atom stereocenters. The van der Waals surface area contributed by atoms with Crippen LogP contribution in [0.25, 0.3) is 0 Å².